The Bertz CT molecular complexity index is 1280. The van der Waals surface area contributed by atoms with E-state index in [-0.39, 0.29) is 12.4 Å². The van der Waals surface area contributed by atoms with E-state index in [2.05, 4.69) is 6.92 Å². The van der Waals surface area contributed by atoms with E-state index in [1.54, 1.807) is 18.2 Å². The number of benzene rings is 3. The van der Waals surface area contributed by atoms with Crippen LogP contribution in [0.2, 0.25) is 0 Å². The van der Waals surface area contributed by atoms with Gasteiger partial charge >= 0.3 is 5.97 Å². The maximum Gasteiger partial charge on any atom is 0.339 e. The molecule has 3 aromatic carbocycles. The van der Waals surface area contributed by atoms with Crippen LogP contribution in [0.1, 0.15) is 40.1 Å². The molecule has 166 valence electrons. The van der Waals surface area contributed by atoms with Gasteiger partial charge in [-0.05, 0) is 55.3 Å². The van der Waals surface area contributed by atoms with Crippen molar-refractivity contribution in [1.82, 2.24) is 4.98 Å². The normalized spacial score (nSPS) is 10.7. The second kappa shape index (κ2) is 10.1. The maximum atomic E-state index is 13.0. The van der Waals surface area contributed by atoms with Crippen molar-refractivity contribution in [1.29, 1.82) is 0 Å². The lowest BCUT2D eigenvalue weighted by Crippen LogP contribution is -2.15. The van der Waals surface area contributed by atoms with Gasteiger partial charge < -0.3 is 9.47 Å². The topological polar surface area (TPSA) is 65.5 Å². The molecule has 1 aromatic heterocycles. The van der Waals surface area contributed by atoms with Crippen LogP contribution in [0, 0.1) is 0 Å². The van der Waals surface area contributed by atoms with Gasteiger partial charge in [-0.25, -0.2) is 9.78 Å². The van der Waals surface area contributed by atoms with Crippen LogP contribution in [0.4, 0.5) is 0 Å². The van der Waals surface area contributed by atoms with Gasteiger partial charge in [0.1, 0.15) is 5.75 Å². The third-order valence-electron chi connectivity index (χ3n) is 5.42. The summed E-state index contributed by atoms with van der Waals surface area (Å²) in [6.45, 7) is 4.26. The number of hydrogen-bond acceptors (Lipinski definition) is 5. The molecule has 0 aliphatic heterocycles. The highest BCUT2D eigenvalue weighted by molar-refractivity contribution is 6.06. The van der Waals surface area contributed by atoms with Gasteiger partial charge in [0.25, 0.3) is 0 Å². The average molecular weight is 440 g/mol. The average Bonchev–Trinajstić information content (AvgIpc) is 2.87. The molecule has 0 amide bonds. The summed E-state index contributed by atoms with van der Waals surface area (Å²) in [6, 6.07) is 24.0. The van der Waals surface area contributed by atoms with E-state index in [1.807, 2.05) is 67.6 Å². The lowest BCUT2D eigenvalue weighted by Gasteiger charge is -2.11. The molecule has 33 heavy (non-hydrogen) atoms. The summed E-state index contributed by atoms with van der Waals surface area (Å²) in [5.74, 6) is -0.0254. The van der Waals surface area contributed by atoms with Crippen molar-refractivity contribution in [3.63, 3.8) is 0 Å². The molecule has 0 saturated heterocycles. The number of para-hydroxylation sites is 1. The van der Waals surface area contributed by atoms with E-state index >= 15 is 0 Å². The fourth-order valence-corrected chi connectivity index (χ4v) is 3.60. The smallest absolute Gasteiger partial charge is 0.339 e. The number of pyridine rings is 1. The Morgan fingerprint density at radius 2 is 1.61 bits per heavy atom. The Morgan fingerprint density at radius 3 is 2.30 bits per heavy atom. The number of hydrogen-bond donors (Lipinski definition) is 0. The molecule has 5 heteroatoms. The highest BCUT2D eigenvalue weighted by Gasteiger charge is 2.17. The Hall–Kier alpha value is -3.99. The number of esters is 1. The summed E-state index contributed by atoms with van der Waals surface area (Å²) >= 11 is 0. The van der Waals surface area contributed by atoms with Crippen molar-refractivity contribution < 1.29 is 19.1 Å². The Kier molecular flexibility index (Phi) is 6.79. The summed E-state index contributed by atoms with van der Waals surface area (Å²) in [5, 5.41) is 0.678. The van der Waals surface area contributed by atoms with E-state index in [4.69, 9.17) is 14.5 Å². The molecule has 0 spiro atoms. The van der Waals surface area contributed by atoms with Crippen molar-refractivity contribution in [3.05, 3.63) is 95.6 Å². The fourth-order valence-electron chi connectivity index (χ4n) is 3.60. The Labute approximate surface area is 193 Å². The van der Waals surface area contributed by atoms with Crippen molar-refractivity contribution in [2.45, 2.75) is 20.3 Å². The molecule has 4 rings (SSSR count). The zero-order valence-electron chi connectivity index (χ0n) is 18.7. The van der Waals surface area contributed by atoms with E-state index < -0.39 is 5.97 Å². The third kappa shape index (κ3) is 5.09. The van der Waals surface area contributed by atoms with Crippen molar-refractivity contribution >= 4 is 22.7 Å². The highest BCUT2D eigenvalue weighted by atomic mass is 16.5. The first kappa shape index (κ1) is 22.2. The van der Waals surface area contributed by atoms with Gasteiger partial charge in [0.05, 0.1) is 23.4 Å². The molecule has 0 atom stereocenters. The van der Waals surface area contributed by atoms with Gasteiger partial charge in [0.15, 0.2) is 12.4 Å². The van der Waals surface area contributed by atoms with Crippen LogP contribution in [0.15, 0.2) is 78.9 Å². The number of ether oxygens (including phenoxy) is 2. The summed E-state index contributed by atoms with van der Waals surface area (Å²) in [4.78, 5) is 30.2. The molecule has 5 nitrogen and oxygen atoms in total. The Morgan fingerprint density at radius 1 is 0.879 bits per heavy atom. The Balaban J connectivity index is 1.59. The van der Waals surface area contributed by atoms with Gasteiger partial charge in [-0.3, -0.25) is 4.79 Å². The summed E-state index contributed by atoms with van der Waals surface area (Å²) in [5.41, 5.74) is 4.22. The van der Waals surface area contributed by atoms with Crippen molar-refractivity contribution in [3.8, 4) is 17.0 Å². The van der Waals surface area contributed by atoms with Crippen LogP contribution in [0.25, 0.3) is 22.2 Å². The molecule has 0 saturated carbocycles. The van der Waals surface area contributed by atoms with E-state index in [9.17, 15) is 9.59 Å². The molecule has 4 aromatic rings. The predicted molar refractivity (Wildman–Crippen MR) is 129 cm³/mol. The van der Waals surface area contributed by atoms with Crippen LogP contribution in [0.3, 0.4) is 0 Å². The SMILES string of the molecule is CCOc1ccc(-c2cc(C(=O)OCC(=O)c3ccc(CC)cc3)c3ccccc3n2)cc1. The molecule has 0 fully saturated rings. The fraction of sp³-hybridized carbons (Fsp3) is 0.179. The number of aromatic nitrogens is 1. The number of Topliss-reactive ketones (excluding diaryl/α,β-unsaturated/α-hetero) is 1. The number of carbonyl (C=O) groups excluding carboxylic acids is 2. The molecule has 0 bridgehead atoms. The predicted octanol–water partition coefficient (Wildman–Crippen LogP) is 5.90. The summed E-state index contributed by atoms with van der Waals surface area (Å²) in [7, 11) is 0. The van der Waals surface area contributed by atoms with Crippen LogP contribution in [-0.2, 0) is 11.2 Å². The largest absolute Gasteiger partial charge is 0.494 e. The summed E-state index contributed by atoms with van der Waals surface area (Å²) in [6.07, 6.45) is 0.898. The molecular weight excluding hydrogens is 414 g/mol. The van der Waals surface area contributed by atoms with E-state index in [0.717, 1.165) is 23.3 Å². The maximum absolute atomic E-state index is 13.0. The van der Waals surface area contributed by atoms with Gasteiger partial charge in [-0.2, -0.15) is 0 Å². The lowest BCUT2D eigenvalue weighted by atomic mass is 10.0. The van der Waals surface area contributed by atoms with Crippen LogP contribution >= 0.6 is 0 Å². The first-order chi connectivity index (χ1) is 16.1. The standard InChI is InChI=1S/C28H25NO4/c1-3-19-9-11-21(12-10-19)27(30)18-33-28(31)24-17-26(29-25-8-6-5-7-23(24)25)20-13-15-22(16-14-20)32-4-2/h5-17H,3-4,18H2,1-2H3. The highest BCUT2D eigenvalue weighted by Crippen LogP contribution is 2.27. The summed E-state index contributed by atoms with van der Waals surface area (Å²) < 4.78 is 10.9. The van der Waals surface area contributed by atoms with Gasteiger partial charge in [0, 0.05) is 16.5 Å². The molecule has 0 aliphatic rings. The van der Waals surface area contributed by atoms with Crippen LogP contribution < -0.4 is 4.74 Å². The van der Waals surface area contributed by atoms with E-state index in [1.165, 1.54) is 0 Å². The molecule has 0 N–H and O–H groups in total. The van der Waals surface area contributed by atoms with Gasteiger partial charge in [-0.1, -0.05) is 49.4 Å². The second-order valence-electron chi connectivity index (χ2n) is 7.58. The first-order valence-corrected chi connectivity index (χ1v) is 11.0. The van der Waals surface area contributed by atoms with Crippen molar-refractivity contribution in [2.24, 2.45) is 0 Å². The quantitative estimate of drug-likeness (QED) is 0.252. The van der Waals surface area contributed by atoms with Gasteiger partial charge in [-0.15, -0.1) is 0 Å². The number of fused-ring (bicyclic) bond motifs is 1. The van der Waals surface area contributed by atoms with E-state index in [0.29, 0.717) is 34.3 Å². The lowest BCUT2D eigenvalue weighted by molar-refractivity contribution is 0.0476. The number of aryl methyl sites for hydroxylation is 1. The van der Waals surface area contributed by atoms with Crippen molar-refractivity contribution in [2.75, 3.05) is 13.2 Å². The zero-order chi connectivity index (χ0) is 23.2. The number of ketones is 1. The molecule has 0 radical (unpaired) electrons. The second-order valence-corrected chi connectivity index (χ2v) is 7.58. The molecular formula is C28H25NO4. The first-order valence-electron chi connectivity index (χ1n) is 11.0. The third-order valence-corrected chi connectivity index (χ3v) is 5.42. The molecule has 0 unspecified atom stereocenters. The van der Waals surface area contributed by atoms with Crippen LogP contribution in [0.5, 0.6) is 5.75 Å². The minimum atomic E-state index is -0.556. The number of carbonyl (C=O) groups is 2. The monoisotopic (exact) mass is 439 g/mol. The van der Waals surface area contributed by atoms with Gasteiger partial charge in [0.2, 0.25) is 0 Å². The number of nitrogens with zero attached hydrogens (tertiary/aromatic N) is 1. The minimum absolute atomic E-state index is 0.240. The minimum Gasteiger partial charge on any atom is -0.494 e. The number of rotatable bonds is 8. The molecule has 0 aliphatic carbocycles. The zero-order valence-corrected chi connectivity index (χ0v) is 18.7. The van der Waals surface area contributed by atoms with Crippen LogP contribution in [-0.4, -0.2) is 30.0 Å². The molecule has 1 heterocycles.